The smallest absolute Gasteiger partial charge is 0.344 e. The maximum atomic E-state index is 12.9. The maximum absolute atomic E-state index is 12.9. The fraction of sp³-hybridized carbons (Fsp3) is 0.214. The summed E-state index contributed by atoms with van der Waals surface area (Å²) in [6, 6.07) is 18.1. The largest absolute Gasteiger partial charge is 0.422 e. The van der Waals surface area contributed by atoms with Crippen molar-refractivity contribution in [2.24, 2.45) is 0 Å². The van der Waals surface area contributed by atoms with Crippen LogP contribution in [0.3, 0.4) is 0 Å². The molecule has 2 fully saturated rings. The molecule has 0 N–H and O–H groups in total. The molecule has 2 saturated heterocycles. The van der Waals surface area contributed by atoms with Gasteiger partial charge < -0.3 is 9.64 Å². The van der Waals surface area contributed by atoms with E-state index >= 15 is 0 Å². The Morgan fingerprint density at radius 2 is 1.73 bits per heavy atom. The number of amides is 3. The van der Waals surface area contributed by atoms with E-state index in [-0.39, 0.29) is 17.4 Å². The van der Waals surface area contributed by atoms with Crippen LogP contribution in [0.15, 0.2) is 70.0 Å². The van der Waals surface area contributed by atoms with Crippen molar-refractivity contribution < 1.29 is 23.9 Å². The Balaban J connectivity index is 1.28. The van der Waals surface area contributed by atoms with Gasteiger partial charge in [0.25, 0.3) is 11.1 Å². The van der Waals surface area contributed by atoms with E-state index in [4.69, 9.17) is 4.74 Å². The molecule has 3 aromatic rings. The van der Waals surface area contributed by atoms with Crippen LogP contribution in [0, 0.1) is 0 Å². The number of benzene rings is 3. The Hall–Kier alpha value is -3.43. The molecule has 3 aromatic carbocycles. The molecule has 7 nitrogen and oxygen atoms in total. The Labute approximate surface area is 226 Å². The Bertz CT molecular complexity index is 1440. The first-order chi connectivity index (χ1) is 17.9. The molecule has 2 aliphatic heterocycles. The second kappa shape index (κ2) is 10.9. The predicted molar refractivity (Wildman–Crippen MR) is 146 cm³/mol. The van der Waals surface area contributed by atoms with Crippen molar-refractivity contribution >= 4 is 67.6 Å². The summed E-state index contributed by atoms with van der Waals surface area (Å²) in [5.41, 5.74) is 1.10. The summed E-state index contributed by atoms with van der Waals surface area (Å²) in [7, 11) is 0. The molecule has 2 aliphatic rings. The Kier molecular flexibility index (Phi) is 7.43. The third-order valence-electron chi connectivity index (χ3n) is 6.34. The molecule has 0 unspecified atom stereocenters. The van der Waals surface area contributed by atoms with Crippen LogP contribution in [0.1, 0.15) is 35.2 Å². The van der Waals surface area contributed by atoms with Crippen molar-refractivity contribution in [2.45, 2.75) is 19.3 Å². The molecular formula is C28H23BrN2O5S. The number of thioether (sulfide) groups is 1. The van der Waals surface area contributed by atoms with Crippen molar-refractivity contribution in [1.82, 2.24) is 9.80 Å². The number of ether oxygens (including phenoxy) is 1. The molecule has 0 bridgehead atoms. The summed E-state index contributed by atoms with van der Waals surface area (Å²) in [4.78, 5) is 53.7. The Morgan fingerprint density at radius 3 is 2.51 bits per heavy atom. The zero-order chi connectivity index (χ0) is 25.9. The van der Waals surface area contributed by atoms with Crippen molar-refractivity contribution in [2.75, 3.05) is 19.6 Å². The van der Waals surface area contributed by atoms with E-state index in [0.29, 0.717) is 34.4 Å². The second-order valence-corrected chi connectivity index (χ2v) is 10.7. The summed E-state index contributed by atoms with van der Waals surface area (Å²) in [6.45, 7) is 1.08. The molecule has 37 heavy (non-hydrogen) atoms. The van der Waals surface area contributed by atoms with E-state index in [1.807, 2.05) is 36.4 Å². The number of carbonyl (C=O) groups excluding carboxylic acids is 4. The van der Waals surface area contributed by atoms with Gasteiger partial charge in [0, 0.05) is 13.1 Å². The zero-order valence-corrected chi connectivity index (χ0v) is 22.2. The van der Waals surface area contributed by atoms with E-state index in [0.717, 1.165) is 46.7 Å². The molecule has 0 radical (unpaired) electrons. The molecular weight excluding hydrogens is 556 g/mol. The number of likely N-dealkylation sites (tertiary alicyclic amines) is 1. The van der Waals surface area contributed by atoms with E-state index in [1.54, 1.807) is 35.2 Å². The number of hydrogen-bond donors (Lipinski definition) is 0. The number of fused-ring (bicyclic) bond motifs is 1. The standard InChI is InChI=1S/C28H23BrN2O5S/c29-22-15-18(11-12-23(22)36-27(34)21-10-6-8-19-7-2-3-9-20(19)21)16-24-26(33)31(28(35)37-24)17-25(32)30-13-4-1-5-14-30/h2-3,6-12,15-16H,1,4-5,13-14,17H2/b24-16-. The van der Waals surface area contributed by atoms with Crippen LogP contribution in [0.2, 0.25) is 0 Å². The lowest BCUT2D eigenvalue weighted by molar-refractivity contribution is -0.136. The highest BCUT2D eigenvalue weighted by Crippen LogP contribution is 2.34. The van der Waals surface area contributed by atoms with Crippen molar-refractivity contribution in [3.8, 4) is 5.75 Å². The summed E-state index contributed by atoms with van der Waals surface area (Å²) >= 11 is 4.25. The number of rotatable bonds is 5. The quantitative estimate of drug-likeness (QED) is 0.214. The molecule has 0 spiro atoms. The fourth-order valence-electron chi connectivity index (χ4n) is 4.41. The van der Waals surface area contributed by atoms with Crippen LogP contribution in [-0.4, -0.2) is 52.5 Å². The summed E-state index contributed by atoms with van der Waals surface area (Å²) in [6.07, 6.45) is 4.56. The van der Waals surface area contributed by atoms with Gasteiger partial charge in [-0.2, -0.15) is 0 Å². The molecule has 0 aliphatic carbocycles. The third kappa shape index (κ3) is 5.47. The topological polar surface area (TPSA) is 84.0 Å². The summed E-state index contributed by atoms with van der Waals surface area (Å²) < 4.78 is 6.16. The molecule has 9 heteroatoms. The van der Waals surface area contributed by atoms with Crippen LogP contribution in [0.4, 0.5) is 4.79 Å². The maximum Gasteiger partial charge on any atom is 0.344 e. The first-order valence-electron chi connectivity index (χ1n) is 11.9. The number of hydrogen-bond acceptors (Lipinski definition) is 6. The average Bonchev–Trinajstić information content (AvgIpc) is 3.17. The van der Waals surface area contributed by atoms with Gasteiger partial charge in [-0.1, -0.05) is 42.5 Å². The van der Waals surface area contributed by atoms with Gasteiger partial charge in [0.1, 0.15) is 12.3 Å². The highest BCUT2D eigenvalue weighted by atomic mass is 79.9. The third-order valence-corrected chi connectivity index (χ3v) is 7.87. The molecule has 0 atom stereocenters. The molecule has 0 aromatic heterocycles. The molecule has 2 heterocycles. The van der Waals surface area contributed by atoms with Crippen LogP contribution in [0.25, 0.3) is 16.8 Å². The van der Waals surface area contributed by atoms with Crippen molar-refractivity contribution in [3.63, 3.8) is 0 Å². The van der Waals surface area contributed by atoms with Gasteiger partial charge >= 0.3 is 5.97 Å². The van der Waals surface area contributed by atoms with Gasteiger partial charge in [-0.15, -0.1) is 0 Å². The number of imide groups is 1. The lowest BCUT2D eigenvalue weighted by Gasteiger charge is -2.27. The number of esters is 1. The minimum absolute atomic E-state index is 0.205. The average molecular weight is 579 g/mol. The minimum atomic E-state index is -0.483. The zero-order valence-electron chi connectivity index (χ0n) is 19.8. The Morgan fingerprint density at radius 1 is 0.973 bits per heavy atom. The highest BCUT2D eigenvalue weighted by Gasteiger charge is 2.37. The van der Waals surface area contributed by atoms with Gasteiger partial charge in [0.2, 0.25) is 5.91 Å². The van der Waals surface area contributed by atoms with E-state index in [2.05, 4.69) is 15.9 Å². The van der Waals surface area contributed by atoms with Crippen LogP contribution < -0.4 is 4.74 Å². The van der Waals surface area contributed by atoms with Gasteiger partial charge in [-0.3, -0.25) is 19.3 Å². The number of nitrogens with zero attached hydrogens (tertiary/aromatic N) is 2. The van der Waals surface area contributed by atoms with Crippen molar-refractivity contribution in [3.05, 3.63) is 81.2 Å². The van der Waals surface area contributed by atoms with Gasteiger partial charge in [0.05, 0.1) is 14.9 Å². The van der Waals surface area contributed by atoms with Gasteiger partial charge in [0.15, 0.2) is 0 Å². The SMILES string of the molecule is O=C(Oc1ccc(/C=C2\SC(=O)N(CC(=O)N3CCCCC3)C2=O)cc1Br)c1cccc2ccccc12. The van der Waals surface area contributed by atoms with Crippen LogP contribution in [0.5, 0.6) is 5.75 Å². The summed E-state index contributed by atoms with van der Waals surface area (Å²) in [5, 5.41) is 1.29. The molecule has 5 rings (SSSR count). The lowest BCUT2D eigenvalue weighted by Crippen LogP contribution is -2.44. The number of carbonyl (C=O) groups is 4. The summed E-state index contributed by atoms with van der Waals surface area (Å²) in [5.74, 6) is -0.841. The fourth-order valence-corrected chi connectivity index (χ4v) is 5.73. The van der Waals surface area contributed by atoms with Gasteiger partial charge in [-0.05, 0) is 87.6 Å². The molecule has 188 valence electrons. The monoisotopic (exact) mass is 578 g/mol. The number of piperidine rings is 1. The van der Waals surface area contributed by atoms with Crippen LogP contribution >= 0.6 is 27.7 Å². The first-order valence-corrected chi connectivity index (χ1v) is 13.5. The molecule has 0 saturated carbocycles. The predicted octanol–water partition coefficient (Wildman–Crippen LogP) is 5.87. The first kappa shape index (κ1) is 25.2. The minimum Gasteiger partial charge on any atom is -0.422 e. The highest BCUT2D eigenvalue weighted by molar-refractivity contribution is 9.10. The van der Waals surface area contributed by atoms with Crippen LogP contribution in [-0.2, 0) is 9.59 Å². The second-order valence-electron chi connectivity index (χ2n) is 8.82. The normalized spacial score (nSPS) is 17.1. The van der Waals surface area contributed by atoms with E-state index in [9.17, 15) is 19.2 Å². The van der Waals surface area contributed by atoms with E-state index in [1.165, 1.54) is 0 Å². The number of halogens is 1. The van der Waals surface area contributed by atoms with E-state index < -0.39 is 17.1 Å². The molecule has 3 amide bonds. The lowest BCUT2D eigenvalue weighted by atomic mass is 10.0. The van der Waals surface area contributed by atoms with Gasteiger partial charge in [-0.25, -0.2) is 4.79 Å². The van der Waals surface area contributed by atoms with Crippen molar-refractivity contribution in [1.29, 1.82) is 0 Å².